The van der Waals surface area contributed by atoms with Crippen LogP contribution in [0.5, 0.6) is 0 Å². The van der Waals surface area contributed by atoms with Gasteiger partial charge < -0.3 is 4.74 Å². The van der Waals surface area contributed by atoms with Crippen molar-refractivity contribution in [3.8, 4) is 11.3 Å². The number of carbonyl (C=O) groups excluding carboxylic acids is 1. The summed E-state index contributed by atoms with van der Waals surface area (Å²) >= 11 is 0. The highest BCUT2D eigenvalue weighted by molar-refractivity contribution is 5.86. The molecule has 7 nitrogen and oxygen atoms in total. The number of fused-ring (bicyclic) bond motifs is 1. The first-order chi connectivity index (χ1) is 14.3. The molecule has 1 saturated heterocycles. The summed E-state index contributed by atoms with van der Waals surface area (Å²) in [6.45, 7) is 3.58. The summed E-state index contributed by atoms with van der Waals surface area (Å²) in [6.07, 6.45) is 10.9. The van der Waals surface area contributed by atoms with Gasteiger partial charge in [0.15, 0.2) is 0 Å². The molecule has 3 aromatic rings. The molecule has 29 heavy (non-hydrogen) atoms. The molecule has 1 saturated carbocycles. The van der Waals surface area contributed by atoms with Crippen molar-refractivity contribution in [3.63, 3.8) is 0 Å². The van der Waals surface area contributed by atoms with Crippen molar-refractivity contribution in [1.29, 1.82) is 0 Å². The van der Waals surface area contributed by atoms with E-state index >= 15 is 0 Å². The third kappa shape index (κ3) is 3.88. The van der Waals surface area contributed by atoms with Crippen LogP contribution in [-0.4, -0.2) is 63.0 Å². The summed E-state index contributed by atoms with van der Waals surface area (Å²) in [5.74, 6) is 0.448. The van der Waals surface area contributed by atoms with E-state index in [9.17, 15) is 4.79 Å². The number of Topliss-reactive ketones (excluding diaryl/α,β-unsaturated/α-hetero) is 1. The Bertz CT molecular complexity index is 1010. The highest BCUT2D eigenvalue weighted by Gasteiger charge is 2.38. The maximum Gasteiger partial charge on any atom is 0.142 e. The Morgan fingerprint density at radius 3 is 2.69 bits per heavy atom. The van der Waals surface area contributed by atoms with Gasteiger partial charge in [-0.3, -0.25) is 29.6 Å². The van der Waals surface area contributed by atoms with E-state index in [0.29, 0.717) is 18.2 Å². The zero-order valence-corrected chi connectivity index (χ0v) is 16.2. The summed E-state index contributed by atoms with van der Waals surface area (Å²) < 4.78 is 5.41. The summed E-state index contributed by atoms with van der Waals surface area (Å²) in [5.41, 5.74) is 3.29. The van der Waals surface area contributed by atoms with Crippen molar-refractivity contribution >= 4 is 16.7 Å². The van der Waals surface area contributed by atoms with E-state index < -0.39 is 0 Å². The van der Waals surface area contributed by atoms with Crippen molar-refractivity contribution in [2.75, 3.05) is 26.3 Å². The van der Waals surface area contributed by atoms with Gasteiger partial charge in [-0.25, -0.2) is 0 Å². The van der Waals surface area contributed by atoms with Crippen molar-refractivity contribution in [1.82, 2.24) is 24.8 Å². The van der Waals surface area contributed by atoms with Gasteiger partial charge in [0.25, 0.3) is 0 Å². The molecule has 148 valence electrons. The van der Waals surface area contributed by atoms with E-state index in [1.807, 2.05) is 12.1 Å². The standard InChI is InChI=1S/C22H23N5O2/c28-22(16-9-19(10-16)27-3-5-29-6-4-27)11-18-8-15-7-17(12-26-21(15)14-25-18)20-13-23-1-2-24-20/h1-2,7-8,12-14,16,19H,3-6,9-11H2. The van der Waals surface area contributed by atoms with Crippen LogP contribution in [0.3, 0.4) is 0 Å². The molecule has 0 aromatic carbocycles. The normalized spacial score (nSPS) is 22.3. The van der Waals surface area contributed by atoms with E-state index in [4.69, 9.17) is 4.74 Å². The van der Waals surface area contributed by atoms with E-state index in [1.165, 1.54) is 0 Å². The Balaban J connectivity index is 1.26. The molecule has 0 radical (unpaired) electrons. The molecule has 0 unspecified atom stereocenters. The van der Waals surface area contributed by atoms with E-state index in [2.05, 4.69) is 24.8 Å². The van der Waals surface area contributed by atoms with Gasteiger partial charge in [0.2, 0.25) is 0 Å². The molecule has 1 aliphatic heterocycles. The number of aromatic nitrogens is 4. The molecule has 4 heterocycles. The van der Waals surface area contributed by atoms with Crippen LogP contribution in [-0.2, 0) is 16.0 Å². The lowest BCUT2D eigenvalue weighted by Gasteiger charge is -2.43. The van der Waals surface area contributed by atoms with Gasteiger partial charge in [0.1, 0.15) is 5.78 Å². The van der Waals surface area contributed by atoms with Gasteiger partial charge in [-0.2, -0.15) is 0 Å². The fraction of sp³-hybridized carbons (Fsp3) is 0.409. The van der Waals surface area contributed by atoms with Crippen LogP contribution in [0.15, 0.2) is 43.1 Å². The molecule has 0 N–H and O–H groups in total. The first kappa shape index (κ1) is 18.3. The second kappa shape index (κ2) is 7.93. The number of hydrogen-bond donors (Lipinski definition) is 0. The van der Waals surface area contributed by atoms with Crippen LogP contribution in [0, 0.1) is 5.92 Å². The Morgan fingerprint density at radius 2 is 1.90 bits per heavy atom. The predicted molar refractivity (Wildman–Crippen MR) is 108 cm³/mol. The Hall–Kier alpha value is -2.77. The highest BCUT2D eigenvalue weighted by atomic mass is 16.5. The number of pyridine rings is 2. The third-order valence-corrected chi connectivity index (χ3v) is 5.97. The molecular formula is C22H23N5O2. The zero-order valence-electron chi connectivity index (χ0n) is 16.2. The van der Waals surface area contributed by atoms with Crippen LogP contribution in [0.1, 0.15) is 18.5 Å². The minimum absolute atomic E-state index is 0.157. The largest absolute Gasteiger partial charge is 0.379 e. The molecule has 7 heteroatoms. The highest BCUT2D eigenvalue weighted by Crippen LogP contribution is 2.33. The monoisotopic (exact) mass is 389 g/mol. The Labute approximate surface area is 169 Å². The minimum atomic E-state index is 0.157. The van der Waals surface area contributed by atoms with Gasteiger partial charge in [0.05, 0.1) is 36.8 Å². The first-order valence-electron chi connectivity index (χ1n) is 10.1. The number of carbonyl (C=O) groups is 1. The fourth-order valence-corrected chi connectivity index (χ4v) is 4.18. The number of hydrogen-bond acceptors (Lipinski definition) is 7. The minimum Gasteiger partial charge on any atom is -0.379 e. The average molecular weight is 389 g/mol. The lowest BCUT2D eigenvalue weighted by molar-refractivity contribution is -0.127. The fourth-order valence-electron chi connectivity index (χ4n) is 4.18. The second-order valence-electron chi connectivity index (χ2n) is 7.80. The summed E-state index contributed by atoms with van der Waals surface area (Å²) in [5, 5.41) is 0.964. The van der Waals surface area contributed by atoms with Gasteiger partial charge in [-0.05, 0) is 25.0 Å². The molecular weight excluding hydrogens is 366 g/mol. The molecule has 0 amide bonds. The number of nitrogens with zero attached hydrogens (tertiary/aromatic N) is 5. The maximum atomic E-state index is 12.7. The van der Waals surface area contributed by atoms with E-state index in [0.717, 1.165) is 67.0 Å². The first-order valence-corrected chi connectivity index (χ1v) is 10.1. The molecule has 0 spiro atoms. The van der Waals surface area contributed by atoms with Crippen LogP contribution in [0.2, 0.25) is 0 Å². The van der Waals surface area contributed by atoms with E-state index in [-0.39, 0.29) is 5.92 Å². The van der Waals surface area contributed by atoms with Crippen LogP contribution < -0.4 is 0 Å². The molecule has 2 fully saturated rings. The van der Waals surface area contributed by atoms with Crippen molar-refractivity contribution in [2.24, 2.45) is 5.92 Å². The van der Waals surface area contributed by atoms with Crippen molar-refractivity contribution in [3.05, 3.63) is 48.8 Å². The second-order valence-corrected chi connectivity index (χ2v) is 7.80. The van der Waals surface area contributed by atoms with Crippen molar-refractivity contribution < 1.29 is 9.53 Å². The lowest BCUT2D eigenvalue weighted by Crippen LogP contribution is -2.51. The summed E-state index contributed by atoms with van der Waals surface area (Å²) in [4.78, 5) is 32.6. The quantitative estimate of drug-likeness (QED) is 0.662. The molecule has 2 aliphatic rings. The predicted octanol–water partition coefficient (Wildman–Crippen LogP) is 2.31. The number of rotatable bonds is 5. The lowest BCUT2D eigenvalue weighted by atomic mass is 9.75. The van der Waals surface area contributed by atoms with Crippen LogP contribution in [0.4, 0.5) is 0 Å². The van der Waals surface area contributed by atoms with E-state index in [1.54, 1.807) is 31.0 Å². The van der Waals surface area contributed by atoms with Gasteiger partial charge in [-0.1, -0.05) is 0 Å². The number of morpholine rings is 1. The number of ketones is 1. The SMILES string of the molecule is O=C(Cc1cc2cc(-c3cnccn3)cnc2cn1)C1CC(N2CCOCC2)C1. The summed E-state index contributed by atoms with van der Waals surface area (Å²) in [6, 6.07) is 4.54. The Kier molecular flexibility index (Phi) is 4.99. The molecule has 5 rings (SSSR count). The Morgan fingerprint density at radius 1 is 1.03 bits per heavy atom. The summed E-state index contributed by atoms with van der Waals surface area (Å²) in [7, 11) is 0. The van der Waals surface area contributed by atoms with Gasteiger partial charge in [-0.15, -0.1) is 0 Å². The molecule has 0 bridgehead atoms. The average Bonchev–Trinajstić information content (AvgIpc) is 2.73. The molecule has 1 aliphatic carbocycles. The maximum absolute atomic E-state index is 12.7. The van der Waals surface area contributed by atoms with Gasteiger partial charge >= 0.3 is 0 Å². The number of ether oxygens (including phenoxy) is 1. The smallest absolute Gasteiger partial charge is 0.142 e. The third-order valence-electron chi connectivity index (χ3n) is 5.97. The van der Waals surface area contributed by atoms with Gasteiger partial charge in [0, 0.05) is 66.7 Å². The van der Waals surface area contributed by atoms with Crippen LogP contribution in [0.25, 0.3) is 22.2 Å². The van der Waals surface area contributed by atoms with Crippen molar-refractivity contribution in [2.45, 2.75) is 25.3 Å². The zero-order chi connectivity index (χ0) is 19.6. The topological polar surface area (TPSA) is 81.1 Å². The molecule has 0 atom stereocenters. The molecule has 3 aromatic heterocycles. The van der Waals surface area contributed by atoms with Crippen LogP contribution >= 0.6 is 0 Å².